The van der Waals surface area contributed by atoms with Gasteiger partial charge in [-0.05, 0) is 30.5 Å². The molecule has 2 N–H and O–H groups in total. The molecule has 5 heteroatoms. The predicted octanol–water partition coefficient (Wildman–Crippen LogP) is 2.82. The van der Waals surface area contributed by atoms with Crippen LogP contribution >= 0.6 is 11.6 Å². The summed E-state index contributed by atoms with van der Waals surface area (Å²) in [4.78, 5) is 2.17. The van der Waals surface area contributed by atoms with E-state index in [4.69, 9.17) is 11.6 Å². The Morgan fingerprint density at radius 3 is 2.86 bits per heavy atom. The van der Waals surface area contributed by atoms with Gasteiger partial charge in [0.15, 0.2) is 0 Å². The summed E-state index contributed by atoms with van der Waals surface area (Å²) < 4.78 is 13.5. The topological polar surface area (TPSA) is 43.7 Å². The molecular weight excluding hydrogens is 293 g/mol. The molecule has 1 aliphatic heterocycles. The Morgan fingerprint density at radius 1 is 1.48 bits per heavy atom. The second-order valence-electron chi connectivity index (χ2n) is 6.03. The van der Waals surface area contributed by atoms with Gasteiger partial charge in [-0.2, -0.15) is 0 Å². The largest absolute Gasteiger partial charge is 0.396 e. The third-order valence-electron chi connectivity index (χ3n) is 4.42. The van der Waals surface area contributed by atoms with E-state index in [1.54, 1.807) is 6.07 Å². The van der Waals surface area contributed by atoms with Crippen LogP contribution in [0, 0.1) is 11.2 Å². The van der Waals surface area contributed by atoms with E-state index < -0.39 is 17.3 Å². The first kappa shape index (κ1) is 16.7. The van der Waals surface area contributed by atoms with Crippen molar-refractivity contribution in [3.05, 3.63) is 34.6 Å². The number of halogens is 2. The number of aliphatic hydroxyl groups is 2. The number of hydrogen-bond donors (Lipinski definition) is 2. The second-order valence-corrected chi connectivity index (χ2v) is 6.44. The van der Waals surface area contributed by atoms with E-state index in [0.29, 0.717) is 19.5 Å². The van der Waals surface area contributed by atoms with Crippen LogP contribution in [0.5, 0.6) is 0 Å². The van der Waals surface area contributed by atoms with Gasteiger partial charge >= 0.3 is 0 Å². The van der Waals surface area contributed by atoms with Crippen molar-refractivity contribution in [2.45, 2.75) is 38.8 Å². The van der Waals surface area contributed by atoms with Crippen molar-refractivity contribution >= 4 is 11.6 Å². The van der Waals surface area contributed by atoms with Crippen molar-refractivity contribution in [1.29, 1.82) is 0 Å². The standard InChI is InChI=1S/C16H23ClFNO2/c1-2-6-16(11-20)10-19(7-5-15(16)21)9-12-3-4-13(17)14(18)8-12/h3-4,8,15,20-21H,2,5-7,9-11H2,1H3/t15-,16+/m1/s1. The van der Waals surface area contributed by atoms with Crippen molar-refractivity contribution in [1.82, 2.24) is 4.90 Å². The minimum atomic E-state index is -0.472. The molecule has 0 bridgehead atoms. The van der Waals surface area contributed by atoms with Crippen LogP contribution in [-0.2, 0) is 6.54 Å². The molecule has 118 valence electrons. The smallest absolute Gasteiger partial charge is 0.142 e. The number of nitrogens with zero attached hydrogens (tertiary/aromatic N) is 1. The predicted molar refractivity (Wildman–Crippen MR) is 81.7 cm³/mol. The van der Waals surface area contributed by atoms with Crippen LogP contribution in [0.4, 0.5) is 4.39 Å². The highest BCUT2D eigenvalue weighted by atomic mass is 35.5. The number of rotatable bonds is 5. The van der Waals surface area contributed by atoms with Crippen LogP contribution in [-0.4, -0.2) is 40.9 Å². The summed E-state index contributed by atoms with van der Waals surface area (Å²) in [5, 5.41) is 20.1. The zero-order valence-electron chi connectivity index (χ0n) is 12.4. The molecule has 0 radical (unpaired) electrons. The first-order chi connectivity index (χ1) is 10.0. The van der Waals surface area contributed by atoms with Gasteiger partial charge in [-0.25, -0.2) is 4.39 Å². The van der Waals surface area contributed by atoms with E-state index in [9.17, 15) is 14.6 Å². The molecule has 2 rings (SSSR count). The van der Waals surface area contributed by atoms with E-state index in [1.807, 2.05) is 6.07 Å². The van der Waals surface area contributed by atoms with E-state index in [1.165, 1.54) is 6.07 Å². The van der Waals surface area contributed by atoms with Crippen molar-refractivity contribution < 1.29 is 14.6 Å². The summed E-state index contributed by atoms with van der Waals surface area (Å²) in [6, 6.07) is 4.83. The minimum absolute atomic E-state index is 0.0204. The highest BCUT2D eigenvalue weighted by molar-refractivity contribution is 6.30. The lowest BCUT2D eigenvalue weighted by atomic mass is 9.74. The van der Waals surface area contributed by atoms with Crippen LogP contribution in [0.25, 0.3) is 0 Å². The van der Waals surface area contributed by atoms with Gasteiger partial charge in [0.1, 0.15) is 5.82 Å². The normalized spacial score (nSPS) is 27.0. The summed E-state index contributed by atoms with van der Waals surface area (Å²) in [7, 11) is 0. The molecule has 21 heavy (non-hydrogen) atoms. The molecule has 1 fully saturated rings. The second kappa shape index (κ2) is 7.05. The molecular formula is C16H23ClFNO2. The molecule has 1 aromatic rings. The average molecular weight is 316 g/mol. The first-order valence-electron chi connectivity index (χ1n) is 7.46. The van der Waals surface area contributed by atoms with Gasteiger partial charge in [-0.15, -0.1) is 0 Å². The number of hydrogen-bond acceptors (Lipinski definition) is 3. The highest BCUT2D eigenvalue weighted by Crippen LogP contribution is 2.35. The number of likely N-dealkylation sites (tertiary alicyclic amines) is 1. The molecule has 0 unspecified atom stereocenters. The molecule has 3 nitrogen and oxygen atoms in total. The Kier molecular flexibility index (Phi) is 5.60. The molecule has 1 aliphatic rings. The third-order valence-corrected chi connectivity index (χ3v) is 4.72. The molecule has 1 saturated heterocycles. The maximum atomic E-state index is 13.5. The van der Waals surface area contributed by atoms with E-state index in [0.717, 1.165) is 24.9 Å². The molecule has 1 aromatic carbocycles. The Balaban J connectivity index is 2.08. The Bertz CT molecular complexity index is 485. The van der Waals surface area contributed by atoms with E-state index in [2.05, 4.69) is 11.8 Å². The van der Waals surface area contributed by atoms with Gasteiger partial charge in [-0.3, -0.25) is 4.90 Å². The third kappa shape index (κ3) is 3.75. The van der Waals surface area contributed by atoms with Crippen molar-refractivity contribution in [2.75, 3.05) is 19.7 Å². The number of piperidine rings is 1. The van der Waals surface area contributed by atoms with Crippen LogP contribution in [0.1, 0.15) is 31.7 Å². The zero-order chi connectivity index (χ0) is 15.5. The Hall–Kier alpha value is -0.680. The lowest BCUT2D eigenvalue weighted by Gasteiger charge is -2.45. The van der Waals surface area contributed by atoms with Gasteiger partial charge in [0.2, 0.25) is 0 Å². The lowest BCUT2D eigenvalue weighted by molar-refractivity contribution is -0.0819. The molecule has 0 amide bonds. The first-order valence-corrected chi connectivity index (χ1v) is 7.84. The molecule has 0 aromatic heterocycles. The van der Waals surface area contributed by atoms with E-state index in [-0.39, 0.29) is 11.6 Å². The fourth-order valence-corrected chi connectivity index (χ4v) is 3.37. The number of aliphatic hydroxyl groups excluding tert-OH is 2. The van der Waals surface area contributed by atoms with Crippen LogP contribution < -0.4 is 0 Å². The van der Waals surface area contributed by atoms with Crippen molar-refractivity contribution in [3.63, 3.8) is 0 Å². The monoisotopic (exact) mass is 315 g/mol. The van der Waals surface area contributed by atoms with Crippen molar-refractivity contribution in [2.24, 2.45) is 5.41 Å². The molecule has 1 heterocycles. The van der Waals surface area contributed by atoms with Crippen LogP contribution in [0.15, 0.2) is 18.2 Å². The van der Waals surface area contributed by atoms with Gasteiger partial charge in [0, 0.05) is 25.0 Å². The zero-order valence-corrected chi connectivity index (χ0v) is 13.1. The molecule has 0 spiro atoms. The summed E-state index contributed by atoms with van der Waals surface area (Å²) in [5.74, 6) is -0.409. The van der Waals surface area contributed by atoms with Crippen LogP contribution in [0.3, 0.4) is 0 Å². The quantitative estimate of drug-likeness (QED) is 0.878. The fourth-order valence-electron chi connectivity index (χ4n) is 3.25. The number of benzene rings is 1. The van der Waals surface area contributed by atoms with Gasteiger partial charge < -0.3 is 10.2 Å². The fraction of sp³-hybridized carbons (Fsp3) is 0.625. The highest BCUT2D eigenvalue weighted by Gasteiger charge is 2.41. The molecule has 0 saturated carbocycles. The van der Waals surface area contributed by atoms with E-state index >= 15 is 0 Å². The van der Waals surface area contributed by atoms with Crippen LogP contribution in [0.2, 0.25) is 5.02 Å². The minimum Gasteiger partial charge on any atom is -0.396 e. The van der Waals surface area contributed by atoms with Gasteiger partial charge in [-0.1, -0.05) is 31.0 Å². The van der Waals surface area contributed by atoms with Crippen molar-refractivity contribution in [3.8, 4) is 0 Å². The molecule has 0 aliphatic carbocycles. The average Bonchev–Trinajstić information content (AvgIpc) is 2.47. The summed E-state index contributed by atoms with van der Waals surface area (Å²) in [6.45, 7) is 4.01. The lowest BCUT2D eigenvalue weighted by Crippen LogP contribution is -2.53. The Morgan fingerprint density at radius 2 is 2.24 bits per heavy atom. The summed E-state index contributed by atoms with van der Waals surface area (Å²) in [5.41, 5.74) is 0.398. The SMILES string of the molecule is CCC[C@@]1(CO)CN(Cc2ccc(Cl)c(F)c2)CC[C@H]1O. The maximum absolute atomic E-state index is 13.5. The Labute approximate surface area is 130 Å². The summed E-state index contributed by atoms with van der Waals surface area (Å²) >= 11 is 5.70. The van der Waals surface area contributed by atoms with Gasteiger partial charge in [0.25, 0.3) is 0 Å². The molecule has 2 atom stereocenters. The van der Waals surface area contributed by atoms with Gasteiger partial charge in [0.05, 0.1) is 17.7 Å². The summed E-state index contributed by atoms with van der Waals surface area (Å²) in [6.07, 6.45) is 1.87. The maximum Gasteiger partial charge on any atom is 0.142 e.